The number of hydrogen-bond donors (Lipinski definition) is 1. The lowest BCUT2D eigenvalue weighted by Crippen LogP contribution is -2.52. The Bertz CT molecular complexity index is 566. The van der Waals surface area contributed by atoms with Gasteiger partial charge in [-0.2, -0.15) is 0 Å². The number of ketones is 1. The number of carbonyl (C=O) groups is 1. The summed E-state index contributed by atoms with van der Waals surface area (Å²) in [4.78, 5) is 12.6. The molecule has 0 amide bonds. The molecule has 0 radical (unpaired) electrons. The number of rotatable bonds is 0. The van der Waals surface area contributed by atoms with Crippen LogP contribution in [-0.2, 0) is 4.79 Å². The second kappa shape index (κ2) is 4.69. The molecular formula is C19H27NO2. The maximum atomic E-state index is 12.6. The molecule has 3 saturated carbocycles. The van der Waals surface area contributed by atoms with Gasteiger partial charge in [0.05, 0.1) is 0 Å². The fraction of sp³-hybridized carbons (Fsp3) is 0.789. The fourth-order valence-corrected chi connectivity index (χ4v) is 6.53. The molecule has 22 heavy (non-hydrogen) atoms. The molecule has 4 aliphatic carbocycles. The maximum Gasteiger partial charge on any atom is 0.186 e. The van der Waals surface area contributed by atoms with Crippen molar-refractivity contribution in [1.29, 1.82) is 0 Å². The third-order valence-corrected chi connectivity index (χ3v) is 7.91. The molecule has 6 atom stereocenters. The summed E-state index contributed by atoms with van der Waals surface area (Å²) in [6.07, 6.45) is 12.6. The second-order valence-corrected chi connectivity index (χ2v) is 8.60. The zero-order chi connectivity index (χ0) is 15.5. The minimum absolute atomic E-state index is 0.120. The van der Waals surface area contributed by atoms with Crippen LogP contribution in [0.15, 0.2) is 17.3 Å². The molecule has 1 N–H and O–H groups in total. The minimum atomic E-state index is -0.267. The van der Waals surface area contributed by atoms with Crippen LogP contribution in [0.25, 0.3) is 0 Å². The molecule has 0 aliphatic heterocycles. The van der Waals surface area contributed by atoms with Gasteiger partial charge in [0.25, 0.3) is 0 Å². The fourth-order valence-electron chi connectivity index (χ4n) is 6.53. The predicted octanol–water partition coefficient (Wildman–Crippen LogP) is 4.20. The molecule has 3 nitrogen and oxygen atoms in total. The Morgan fingerprint density at radius 2 is 2.00 bits per heavy atom. The highest BCUT2D eigenvalue weighted by atomic mass is 16.4. The van der Waals surface area contributed by atoms with E-state index in [0.717, 1.165) is 18.3 Å². The lowest BCUT2D eigenvalue weighted by Gasteiger charge is -2.58. The van der Waals surface area contributed by atoms with E-state index in [4.69, 9.17) is 0 Å². The highest BCUT2D eigenvalue weighted by Gasteiger charge is 2.61. The van der Waals surface area contributed by atoms with Gasteiger partial charge in [-0.25, -0.2) is 0 Å². The summed E-state index contributed by atoms with van der Waals surface area (Å²) in [7, 11) is 0. The second-order valence-electron chi connectivity index (χ2n) is 8.60. The van der Waals surface area contributed by atoms with E-state index in [1.807, 2.05) is 0 Å². The van der Waals surface area contributed by atoms with Crippen molar-refractivity contribution in [1.82, 2.24) is 0 Å². The summed E-state index contributed by atoms with van der Waals surface area (Å²) >= 11 is 0. The largest absolute Gasteiger partial charge is 0.411 e. The van der Waals surface area contributed by atoms with Crippen molar-refractivity contribution in [2.75, 3.05) is 0 Å². The molecule has 0 aromatic rings. The molecule has 0 spiro atoms. The van der Waals surface area contributed by atoms with Crippen molar-refractivity contribution in [3.05, 3.63) is 12.2 Å². The van der Waals surface area contributed by atoms with Crippen molar-refractivity contribution in [3.8, 4) is 0 Å². The summed E-state index contributed by atoms with van der Waals surface area (Å²) < 4.78 is 0. The molecule has 0 aromatic heterocycles. The Hall–Kier alpha value is -1.12. The van der Waals surface area contributed by atoms with Crippen molar-refractivity contribution in [3.63, 3.8) is 0 Å². The van der Waals surface area contributed by atoms with Gasteiger partial charge in [0.15, 0.2) is 5.78 Å². The molecule has 0 aromatic carbocycles. The summed E-state index contributed by atoms with van der Waals surface area (Å²) in [6.45, 7) is 4.63. The van der Waals surface area contributed by atoms with Gasteiger partial charge in [0.2, 0.25) is 0 Å². The first-order valence-corrected chi connectivity index (χ1v) is 8.91. The summed E-state index contributed by atoms with van der Waals surface area (Å²) in [5, 5.41) is 12.5. The zero-order valence-electron chi connectivity index (χ0n) is 13.7. The van der Waals surface area contributed by atoms with Crippen LogP contribution in [-0.4, -0.2) is 16.7 Å². The van der Waals surface area contributed by atoms with Gasteiger partial charge in [0, 0.05) is 11.8 Å². The van der Waals surface area contributed by atoms with E-state index in [0.29, 0.717) is 29.4 Å². The van der Waals surface area contributed by atoms with Gasteiger partial charge >= 0.3 is 0 Å². The zero-order valence-corrected chi connectivity index (χ0v) is 13.7. The highest BCUT2D eigenvalue weighted by molar-refractivity contribution is 6.43. The maximum absolute atomic E-state index is 12.6. The average Bonchev–Trinajstić information content (AvgIpc) is 2.78. The van der Waals surface area contributed by atoms with Crippen molar-refractivity contribution in [2.24, 2.45) is 39.7 Å². The number of nitrogens with zero attached hydrogens (tertiary/aromatic N) is 1. The lowest BCUT2D eigenvalue weighted by atomic mass is 9.46. The van der Waals surface area contributed by atoms with Crippen LogP contribution in [0.2, 0.25) is 0 Å². The van der Waals surface area contributed by atoms with Gasteiger partial charge in [-0.1, -0.05) is 31.2 Å². The van der Waals surface area contributed by atoms with E-state index >= 15 is 0 Å². The van der Waals surface area contributed by atoms with Gasteiger partial charge < -0.3 is 5.21 Å². The highest BCUT2D eigenvalue weighted by Crippen LogP contribution is 2.64. The molecule has 0 bridgehead atoms. The van der Waals surface area contributed by atoms with Crippen molar-refractivity contribution in [2.45, 2.75) is 58.8 Å². The van der Waals surface area contributed by atoms with Gasteiger partial charge in [-0.05, 0) is 67.6 Å². The van der Waals surface area contributed by atoms with Crippen molar-refractivity contribution < 1.29 is 10.0 Å². The minimum Gasteiger partial charge on any atom is -0.411 e. The monoisotopic (exact) mass is 301 g/mol. The third kappa shape index (κ3) is 1.68. The van der Waals surface area contributed by atoms with Crippen LogP contribution in [0.5, 0.6) is 0 Å². The number of carbonyl (C=O) groups excluding carboxylic acids is 1. The Morgan fingerprint density at radius 1 is 1.18 bits per heavy atom. The number of oxime groups is 1. The molecule has 120 valence electrons. The first-order valence-electron chi connectivity index (χ1n) is 8.91. The van der Waals surface area contributed by atoms with E-state index in [1.165, 1.54) is 32.1 Å². The van der Waals surface area contributed by atoms with Gasteiger partial charge in [-0.3, -0.25) is 4.79 Å². The molecule has 0 saturated heterocycles. The number of fused-ring (bicyclic) bond motifs is 5. The van der Waals surface area contributed by atoms with E-state index < -0.39 is 0 Å². The Labute approximate surface area is 132 Å². The molecular weight excluding hydrogens is 274 g/mol. The molecule has 3 heteroatoms. The topological polar surface area (TPSA) is 49.7 Å². The summed E-state index contributed by atoms with van der Waals surface area (Å²) in [5.41, 5.74) is 0.585. The summed E-state index contributed by atoms with van der Waals surface area (Å²) in [6, 6.07) is 0. The normalized spacial score (nSPS) is 52.3. The molecule has 0 heterocycles. The van der Waals surface area contributed by atoms with Gasteiger partial charge in [0.1, 0.15) is 5.71 Å². The molecule has 0 unspecified atom stereocenters. The van der Waals surface area contributed by atoms with E-state index in [-0.39, 0.29) is 11.2 Å². The standard InChI is InChI=1S/C19H27NO2/c1-18-9-4-3-5-12(18)6-7-13-14(18)8-10-19(2)15(13)11-16(20-22)17(19)21/h3-4,12-15,22H,5-11H2,1-2H3/b20-16+/t12-,13-,14-,15+,18-,19-/m1/s1. The molecule has 3 fully saturated rings. The first kappa shape index (κ1) is 14.5. The smallest absolute Gasteiger partial charge is 0.186 e. The summed E-state index contributed by atoms with van der Waals surface area (Å²) in [5.74, 6) is 2.71. The van der Waals surface area contributed by atoms with Crippen LogP contribution in [0.3, 0.4) is 0 Å². The van der Waals surface area contributed by atoms with Crippen LogP contribution in [0, 0.1) is 34.5 Å². The van der Waals surface area contributed by atoms with Crippen LogP contribution in [0.1, 0.15) is 58.8 Å². The van der Waals surface area contributed by atoms with E-state index in [1.54, 1.807) is 0 Å². The molecule has 4 rings (SSSR count). The number of allylic oxidation sites excluding steroid dienone is 2. The van der Waals surface area contributed by atoms with Crippen LogP contribution >= 0.6 is 0 Å². The van der Waals surface area contributed by atoms with Gasteiger partial charge in [-0.15, -0.1) is 0 Å². The van der Waals surface area contributed by atoms with Crippen molar-refractivity contribution >= 4 is 11.5 Å². The van der Waals surface area contributed by atoms with E-state index in [2.05, 4.69) is 31.2 Å². The predicted molar refractivity (Wildman–Crippen MR) is 85.9 cm³/mol. The van der Waals surface area contributed by atoms with Crippen LogP contribution in [0.4, 0.5) is 0 Å². The SMILES string of the molecule is C[C@@]12CC=CC[C@@H]1CC[C@@H]1[C@H]2CC[C@@]2(C)C(=O)/C(=N/O)C[C@@H]12. The Balaban J connectivity index is 1.70. The van der Waals surface area contributed by atoms with Crippen LogP contribution < -0.4 is 0 Å². The quantitative estimate of drug-likeness (QED) is 0.414. The lowest BCUT2D eigenvalue weighted by molar-refractivity contribution is -0.133. The number of Topliss-reactive ketones (excluding diaryl/α,β-unsaturated/α-hetero) is 1. The molecule has 4 aliphatic rings. The Morgan fingerprint density at radius 3 is 2.77 bits per heavy atom. The Kier molecular flexibility index (Phi) is 3.08. The average molecular weight is 301 g/mol. The first-order chi connectivity index (χ1) is 10.5. The number of hydrogen-bond acceptors (Lipinski definition) is 3. The third-order valence-electron chi connectivity index (χ3n) is 7.91. The van der Waals surface area contributed by atoms with E-state index in [9.17, 15) is 10.0 Å².